The van der Waals surface area contributed by atoms with Crippen LogP contribution in [0.25, 0.3) is 0 Å². The van der Waals surface area contributed by atoms with E-state index in [-0.39, 0.29) is 5.82 Å². The van der Waals surface area contributed by atoms with Crippen LogP contribution in [0.3, 0.4) is 0 Å². The zero-order chi connectivity index (χ0) is 12.3. The summed E-state index contributed by atoms with van der Waals surface area (Å²) in [4.78, 5) is 0. The van der Waals surface area contributed by atoms with Crippen LogP contribution < -0.4 is 4.73 Å². The van der Waals surface area contributed by atoms with E-state index in [9.17, 15) is 9.60 Å². The lowest BCUT2D eigenvalue weighted by Crippen LogP contribution is -2.27. The summed E-state index contributed by atoms with van der Waals surface area (Å²) in [7, 11) is 0. The van der Waals surface area contributed by atoms with Crippen molar-refractivity contribution in [2.45, 2.75) is 10.8 Å². The molecule has 0 radical (unpaired) electrons. The number of hydrogen-bond acceptors (Lipinski definition) is 2. The Bertz CT molecular complexity index is 536. The maximum Gasteiger partial charge on any atom is 0.251 e. The number of nitrogens with zero attached hydrogens (tertiary/aromatic N) is 1. The first kappa shape index (κ1) is 12.4. The minimum Gasteiger partial charge on any atom is -0.618 e. The second-order valence-electron chi connectivity index (χ2n) is 3.39. The van der Waals surface area contributed by atoms with Crippen molar-refractivity contribution in [2.24, 2.45) is 0 Å². The highest BCUT2D eigenvalue weighted by Crippen LogP contribution is 2.25. The van der Waals surface area contributed by atoms with Crippen LogP contribution in [-0.4, -0.2) is 0 Å². The number of halogens is 2. The second kappa shape index (κ2) is 5.51. The molecule has 2 nitrogen and oxygen atoms in total. The lowest BCUT2D eigenvalue weighted by atomic mass is 10.2. The van der Waals surface area contributed by atoms with Crippen LogP contribution in [0.5, 0.6) is 0 Å². The van der Waals surface area contributed by atoms with Gasteiger partial charge in [-0.2, -0.15) is 4.73 Å². The normalized spacial score (nSPS) is 10.5. The van der Waals surface area contributed by atoms with Crippen molar-refractivity contribution < 1.29 is 9.12 Å². The van der Waals surface area contributed by atoms with Gasteiger partial charge in [-0.1, -0.05) is 33.8 Å². The zero-order valence-corrected chi connectivity index (χ0v) is 11.2. The van der Waals surface area contributed by atoms with E-state index in [1.165, 1.54) is 30.1 Å². The summed E-state index contributed by atoms with van der Waals surface area (Å²) in [6.07, 6.45) is 1.46. The van der Waals surface area contributed by atoms with Crippen molar-refractivity contribution in [1.82, 2.24) is 0 Å². The van der Waals surface area contributed by atoms with Gasteiger partial charge in [-0.05, 0) is 23.8 Å². The summed E-state index contributed by atoms with van der Waals surface area (Å²) in [5.41, 5.74) is 0.959. The molecular weight excluding hydrogens is 305 g/mol. The molecule has 0 aliphatic heterocycles. The predicted molar refractivity (Wildman–Crippen MR) is 69.1 cm³/mol. The van der Waals surface area contributed by atoms with Gasteiger partial charge in [0.2, 0.25) is 0 Å². The molecule has 0 aliphatic carbocycles. The molecule has 0 amide bonds. The van der Waals surface area contributed by atoms with E-state index in [0.717, 1.165) is 14.8 Å². The molecule has 1 aromatic carbocycles. The molecule has 0 aliphatic rings. The van der Waals surface area contributed by atoms with E-state index in [1.54, 1.807) is 18.2 Å². The number of hydrogen-bond donors (Lipinski definition) is 0. The van der Waals surface area contributed by atoms with E-state index in [2.05, 4.69) is 15.9 Å². The van der Waals surface area contributed by atoms with Gasteiger partial charge in [-0.3, -0.25) is 0 Å². The highest BCUT2D eigenvalue weighted by atomic mass is 79.9. The van der Waals surface area contributed by atoms with E-state index >= 15 is 0 Å². The molecule has 0 unspecified atom stereocenters. The third-order valence-electron chi connectivity index (χ3n) is 2.18. The van der Waals surface area contributed by atoms with Crippen molar-refractivity contribution in [3.05, 3.63) is 63.7 Å². The molecule has 0 saturated carbocycles. The Morgan fingerprint density at radius 1 is 1.29 bits per heavy atom. The van der Waals surface area contributed by atoms with E-state index in [0.29, 0.717) is 10.8 Å². The van der Waals surface area contributed by atoms with E-state index in [1.807, 2.05) is 6.07 Å². The van der Waals surface area contributed by atoms with Crippen molar-refractivity contribution in [2.75, 3.05) is 0 Å². The van der Waals surface area contributed by atoms with Gasteiger partial charge in [-0.25, -0.2) is 4.39 Å². The number of aromatic nitrogens is 1. The first-order valence-corrected chi connectivity index (χ1v) is 6.69. The van der Waals surface area contributed by atoms with Gasteiger partial charge in [0, 0.05) is 22.4 Å². The van der Waals surface area contributed by atoms with Gasteiger partial charge >= 0.3 is 0 Å². The molecule has 2 aromatic rings. The van der Waals surface area contributed by atoms with E-state index < -0.39 is 0 Å². The predicted octanol–water partition coefficient (Wildman–Crippen LogP) is 3.51. The van der Waals surface area contributed by atoms with Crippen molar-refractivity contribution in [3.8, 4) is 0 Å². The Hall–Kier alpha value is -1.07. The molecule has 17 heavy (non-hydrogen) atoms. The fourth-order valence-electron chi connectivity index (χ4n) is 1.31. The quantitative estimate of drug-likeness (QED) is 0.492. The summed E-state index contributed by atoms with van der Waals surface area (Å²) in [5.74, 6) is 0.344. The first-order valence-electron chi connectivity index (χ1n) is 4.92. The van der Waals surface area contributed by atoms with Crippen LogP contribution in [0.4, 0.5) is 4.39 Å². The average Bonchev–Trinajstić information content (AvgIpc) is 2.30. The minimum absolute atomic E-state index is 0.274. The van der Waals surface area contributed by atoms with E-state index in [4.69, 9.17) is 0 Å². The lowest BCUT2D eigenvalue weighted by molar-refractivity contribution is -0.645. The summed E-state index contributed by atoms with van der Waals surface area (Å²) >= 11 is 4.72. The average molecular weight is 314 g/mol. The monoisotopic (exact) mass is 313 g/mol. The molecule has 5 heteroatoms. The van der Waals surface area contributed by atoms with Gasteiger partial charge in [0.1, 0.15) is 5.82 Å². The molecule has 1 heterocycles. The van der Waals surface area contributed by atoms with Crippen LogP contribution >= 0.6 is 27.7 Å². The molecule has 2 rings (SSSR count). The smallest absolute Gasteiger partial charge is 0.251 e. The SMILES string of the molecule is [O-][n+]1ccccc1SCc1ccc(F)cc1Br. The molecule has 0 atom stereocenters. The molecular formula is C12H9BrFNOS. The molecule has 88 valence electrons. The zero-order valence-electron chi connectivity index (χ0n) is 8.77. The first-order chi connectivity index (χ1) is 8.16. The fourth-order valence-corrected chi connectivity index (χ4v) is 2.91. The van der Waals surface area contributed by atoms with Crippen molar-refractivity contribution >= 4 is 27.7 Å². The molecule has 0 N–H and O–H groups in total. The van der Waals surface area contributed by atoms with Gasteiger partial charge < -0.3 is 5.21 Å². The Labute approximate surface area is 111 Å². The number of pyridine rings is 1. The third kappa shape index (κ3) is 3.20. The molecule has 0 fully saturated rings. The summed E-state index contributed by atoms with van der Waals surface area (Å²) < 4.78 is 14.4. The van der Waals surface area contributed by atoms with Gasteiger partial charge in [0.15, 0.2) is 6.20 Å². The Kier molecular flexibility index (Phi) is 4.02. The fraction of sp³-hybridized carbons (Fsp3) is 0.0833. The Balaban J connectivity index is 2.10. The van der Waals surface area contributed by atoms with Crippen LogP contribution in [0.1, 0.15) is 5.56 Å². The summed E-state index contributed by atoms with van der Waals surface area (Å²) in [6.45, 7) is 0. The van der Waals surface area contributed by atoms with Crippen LogP contribution in [0.15, 0.2) is 52.1 Å². The van der Waals surface area contributed by atoms with Crippen LogP contribution in [0.2, 0.25) is 0 Å². The van der Waals surface area contributed by atoms with Gasteiger partial charge in [0.25, 0.3) is 5.03 Å². The largest absolute Gasteiger partial charge is 0.618 e. The number of thioether (sulfide) groups is 1. The standard InChI is InChI=1S/C12H9BrFNOS/c13-11-7-10(14)5-4-9(11)8-17-12-3-1-2-6-15(12)16/h1-7H,8H2. The molecule has 0 saturated heterocycles. The second-order valence-corrected chi connectivity index (χ2v) is 5.24. The van der Waals surface area contributed by atoms with Crippen LogP contribution in [0, 0.1) is 11.0 Å². The Morgan fingerprint density at radius 3 is 2.82 bits per heavy atom. The van der Waals surface area contributed by atoms with Crippen molar-refractivity contribution in [1.29, 1.82) is 0 Å². The maximum atomic E-state index is 12.9. The summed E-state index contributed by atoms with van der Waals surface area (Å²) in [5, 5.41) is 12.0. The molecule has 0 bridgehead atoms. The van der Waals surface area contributed by atoms with Crippen LogP contribution in [-0.2, 0) is 5.75 Å². The third-order valence-corrected chi connectivity index (χ3v) is 3.98. The summed E-state index contributed by atoms with van der Waals surface area (Å²) in [6, 6.07) is 9.81. The van der Waals surface area contributed by atoms with Gasteiger partial charge in [-0.15, -0.1) is 0 Å². The molecule has 0 spiro atoms. The topological polar surface area (TPSA) is 26.9 Å². The highest BCUT2D eigenvalue weighted by Gasteiger charge is 2.07. The highest BCUT2D eigenvalue weighted by molar-refractivity contribution is 9.10. The lowest BCUT2D eigenvalue weighted by Gasteiger charge is -2.05. The number of rotatable bonds is 3. The minimum atomic E-state index is -0.274. The van der Waals surface area contributed by atoms with Crippen molar-refractivity contribution in [3.63, 3.8) is 0 Å². The maximum absolute atomic E-state index is 12.9. The van der Waals surface area contributed by atoms with Gasteiger partial charge in [0.05, 0.1) is 0 Å². The number of benzene rings is 1. The molecule has 1 aromatic heterocycles. The Morgan fingerprint density at radius 2 is 2.12 bits per heavy atom.